The minimum absolute atomic E-state index is 0.251. The maximum Gasteiger partial charge on any atom is 0.135 e. The number of ketones is 1. The molecule has 1 aromatic rings. The Morgan fingerprint density at radius 2 is 1.65 bits per heavy atom. The van der Waals surface area contributed by atoms with Crippen molar-refractivity contribution in [2.45, 2.75) is 31.2 Å². The summed E-state index contributed by atoms with van der Waals surface area (Å²) in [7, 11) is 0. The van der Waals surface area contributed by atoms with Gasteiger partial charge in [-0.05, 0) is 30.5 Å². The van der Waals surface area contributed by atoms with Crippen LogP contribution in [0.5, 0.6) is 0 Å². The number of carbonyl (C=O) groups is 1. The Bertz CT molecular complexity index is 426. The van der Waals surface area contributed by atoms with Crippen molar-refractivity contribution in [2.24, 2.45) is 0 Å². The highest BCUT2D eigenvalue weighted by molar-refractivity contribution is 9.10. The second-order valence-corrected chi connectivity index (χ2v) is 5.98. The van der Waals surface area contributed by atoms with Crippen LogP contribution < -0.4 is 0 Å². The first-order chi connectivity index (χ1) is 8.21. The number of hydrogen-bond donors (Lipinski definition) is 0. The third kappa shape index (κ3) is 2.06. The highest BCUT2D eigenvalue weighted by Gasteiger charge is 2.49. The summed E-state index contributed by atoms with van der Waals surface area (Å²) in [6.07, 6.45) is 3.95. The van der Waals surface area contributed by atoms with Crippen LogP contribution in [0.4, 0.5) is 0 Å². The second kappa shape index (κ2) is 4.21. The fourth-order valence-electron chi connectivity index (χ4n) is 2.85. The van der Waals surface area contributed by atoms with E-state index in [4.69, 9.17) is 0 Å². The standard InChI is InChI=1S/C14H16BrNO/c15-12-3-1-11(2-4-12)14(7-8-14)16-9-5-13(17)6-10-16/h1-4H,5-10H2. The lowest BCUT2D eigenvalue weighted by Gasteiger charge is -2.34. The van der Waals surface area contributed by atoms with Crippen LogP contribution in [0.15, 0.2) is 28.7 Å². The van der Waals surface area contributed by atoms with E-state index in [9.17, 15) is 4.79 Å². The normalized spacial score (nSPS) is 23.7. The Hall–Kier alpha value is -0.670. The van der Waals surface area contributed by atoms with E-state index in [0.717, 1.165) is 30.4 Å². The largest absolute Gasteiger partial charge is 0.300 e. The van der Waals surface area contributed by atoms with Crippen molar-refractivity contribution in [1.29, 1.82) is 0 Å². The van der Waals surface area contributed by atoms with E-state index in [2.05, 4.69) is 45.1 Å². The Morgan fingerprint density at radius 3 is 2.18 bits per heavy atom. The number of rotatable bonds is 2. The first kappa shape index (κ1) is 11.4. The van der Waals surface area contributed by atoms with Crippen LogP contribution in [-0.4, -0.2) is 23.8 Å². The third-order valence-electron chi connectivity index (χ3n) is 4.03. The maximum atomic E-state index is 11.3. The molecule has 2 nitrogen and oxygen atoms in total. The Morgan fingerprint density at radius 1 is 1.06 bits per heavy atom. The number of nitrogens with zero attached hydrogens (tertiary/aromatic N) is 1. The summed E-state index contributed by atoms with van der Waals surface area (Å²) >= 11 is 3.48. The van der Waals surface area contributed by atoms with Crippen LogP contribution in [0.1, 0.15) is 31.2 Å². The predicted octanol–water partition coefficient (Wildman–Crippen LogP) is 3.10. The molecule has 0 radical (unpaired) electrons. The van der Waals surface area contributed by atoms with Gasteiger partial charge in [0.25, 0.3) is 0 Å². The van der Waals surface area contributed by atoms with Gasteiger partial charge in [0.1, 0.15) is 5.78 Å². The third-order valence-corrected chi connectivity index (χ3v) is 4.56. The predicted molar refractivity (Wildman–Crippen MR) is 70.9 cm³/mol. The number of halogens is 1. The molecule has 17 heavy (non-hydrogen) atoms. The molecule has 0 spiro atoms. The summed E-state index contributed by atoms with van der Waals surface area (Å²) in [5, 5.41) is 0. The molecule has 0 atom stereocenters. The molecule has 1 aromatic carbocycles. The molecule has 0 N–H and O–H groups in total. The number of likely N-dealkylation sites (tertiary alicyclic amines) is 1. The topological polar surface area (TPSA) is 20.3 Å². The molecule has 1 heterocycles. The van der Waals surface area contributed by atoms with Crippen molar-refractivity contribution in [3.05, 3.63) is 34.3 Å². The summed E-state index contributed by atoms with van der Waals surface area (Å²) < 4.78 is 1.13. The van der Waals surface area contributed by atoms with E-state index in [1.54, 1.807) is 0 Å². The molecule has 3 heteroatoms. The zero-order valence-electron chi connectivity index (χ0n) is 9.79. The molecule has 0 aromatic heterocycles. The summed E-state index contributed by atoms with van der Waals surface area (Å²) in [6, 6.07) is 8.66. The second-order valence-electron chi connectivity index (χ2n) is 5.06. The lowest BCUT2D eigenvalue weighted by molar-refractivity contribution is -0.122. The lowest BCUT2D eigenvalue weighted by atomic mass is 9.99. The van der Waals surface area contributed by atoms with Crippen molar-refractivity contribution in [1.82, 2.24) is 4.90 Å². The highest BCUT2D eigenvalue weighted by atomic mass is 79.9. The minimum Gasteiger partial charge on any atom is -0.300 e. The van der Waals surface area contributed by atoms with Gasteiger partial charge < -0.3 is 0 Å². The van der Waals surface area contributed by atoms with Gasteiger partial charge in [-0.15, -0.1) is 0 Å². The number of benzene rings is 1. The Kier molecular flexibility index (Phi) is 2.83. The molecular weight excluding hydrogens is 278 g/mol. The Balaban J connectivity index is 1.81. The maximum absolute atomic E-state index is 11.3. The van der Waals surface area contributed by atoms with Crippen LogP contribution in [0.2, 0.25) is 0 Å². The summed E-state index contributed by atoms with van der Waals surface area (Å²) in [5.41, 5.74) is 1.66. The van der Waals surface area contributed by atoms with Crippen LogP contribution >= 0.6 is 15.9 Å². The molecule has 2 aliphatic rings. The van der Waals surface area contributed by atoms with E-state index in [1.165, 1.54) is 18.4 Å². The zero-order valence-corrected chi connectivity index (χ0v) is 11.4. The highest BCUT2D eigenvalue weighted by Crippen LogP contribution is 2.51. The van der Waals surface area contributed by atoms with Crippen molar-refractivity contribution >= 4 is 21.7 Å². The van der Waals surface area contributed by atoms with Crippen LogP contribution in [0.25, 0.3) is 0 Å². The SMILES string of the molecule is O=C1CCN(C2(c3ccc(Br)cc3)CC2)CC1. The molecule has 2 fully saturated rings. The first-order valence-electron chi connectivity index (χ1n) is 6.23. The van der Waals surface area contributed by atoms with Gasteiger partial charge >= 0.3 is 0 Å². The van der Waals surface area contributed by atoms with Crippen molar-refractivity contribution in [3.63, 3.8) is 0 Å². The minimum atomic E-state index is 0.251. The number of hydrogen-bond acceptors (Lipinski definition) is 2. The van der Waals surface area contributed by atoms with Crippen LogP contribution in [-0.2, 0) is 10.3 Å². The van der Waals surface area contributed by atoms with Crippen molar-refractivity contribution in [2.75, 3.05) is 13.1 Å². The van der Waals surface area contributed by atoms with Gasteiger partial charge in [0.15, 0.2) is 0 Å². The van der Waals surface area contributed by atoms with E-state index >= 15 is 0 Å². The summed E-state index contributed by atoms with van der Waals surface area (Å²) in [6.45, 7) is 1.88. The van der Waals surface area contributed by atoms with Crippen molar-refractivity contribution in [3.8, 4) is 0 Å². The van der Waals surface area contributed by atoms with Gasteiger partial charge in [-0.3, -0.25) is 9.69 Å². The molecule has 1 saturated carbocycles. The summed E-state index contributed by atoms with van der Waals surface area (Å²) in [4.78, 5) is 13.8. The van der Waals surface area contributed by atoms with E-state index < -0.39 is 0 Å². The van der Waals surface area contributed by atoms with Gasteiger partial charge in [0.05, 0.1) is 0 Å². The average molecular weight is 294 g/mol. The number of carbonyl (C=O) groups excluding carboxylic acids is 1. The molecule has 0 bridgehead atoms. The van der Waals surface area contributed by atoms with Gasteiger partial charge in [0, 0.05) is 35.9 Å². The summed E-state index contributed by atoms with van der Waals surface area (Å²) in [5.74, 6) is 0.424. The lowest BCUT2D eigenvalue weighted by Crippen LogP contribution is -2.41. The molecule has 0 amide bonds. The van der Waals surface area contributed by atoms with Crippen LogP contribution in [0.3, 0.4) is 0 Å². The fourth-order valence-corrected chi connectivity index (χ4v) is 3.11. The van der Waals surface area contributed by atoms with E-state index in [1.807, 2.05) is 0 Å². The Labute approximate surface area is 110 Å². The molecule has 1 saturated heterocycles. The number of piperidine rings is 1. The van der Waals surface area contributed by atoms with E-state index in [-0.39, 0.29) is 5.54 Å². The van der Waals surface area contributed by atoms with Gasteiger partial charge in [-0.1, -0.05) is 28.1 Å². The number of Topliss-reactive ketones (excluding diaryl/α,β-unsaturated/α-hetero) is 1. The van der Waals surface area contributed by atoms with Crippen LogP contribution in [0, 0.1) is 0 Å². The molecular formula is C14H16BrNO. The fraction of sp³-hybridized carbons (Fsp3) is 0.500. The smallest absolute Gasteiger partial charge is 0.135 e. The van der Waals surface area contributed by atoms with Gasteiger partial charge in [-0.25, -0.2) is 0 Å². The quantitative estimate of drug-likeness (QED) is 0.835. The monoisotopic (exact) mass is 293 g/mol. The first-order valence-corrected chi connectivity index (χ1v) is 7.03. The van der Waals surface area contributed by atoms with Gasteiger partial charge in [0.2, 0.25) is 0 Å². The molecule has 1 aliphatic carbocycles. The molecule has 90 valence electrons. The zero-order chi connectivity index (χ0) is 11.9. The van der Waals surface area contributed by atoms with E-state index in [0.29, 0.717) is 5.78 Å². The molecule has 1 aliphatic heterocycles. The molecule has 0 unspecified atom stereocenters. The van der Waals surface area contributed by atoms with Gasteiger partial charge in [-0.2, -0.15) is 0 Å². The average Bonchev–Trinajstić information content (AvgIpc) is 3.12. The van der Waals surface area contributed by atoms with Crippen molar-refractivity contribution < 1.29 is 4.79 Å². The molecule has 3 rings (SSSR count).